The van der Waals surface area contributed by atoms with Crippen LogP contribution in [0.5, 0.6) is 0 Å². The number of aromatic nitrogens is 1. The average Bonchev–Trinajstić information content (AvgIpc) is 2.48. The van der Waals surface area contributed by atoms with Gasteiger partial charge in [-0.25, -0.2) is 0 Å². The second kappa shape index (κ2) is 2.66. The molecule has 0 atom stereocenters. The van der Waals surface area contributed by atoms with Gasteiger partial charge in [0, 0.05) is 16.8 Å². The maximum Gasteiger partial charge on any atom is 0.0868 e. The first kappa shape index (κ1) is 8.42. The maximum absolute atomic E-state index is 4.45. The molecule has 0 unspecified atom stereocenters. The highest BCUT2D eigenvalue weighted by Gasteiger charge is 2.18. The van der Waals surface area contributed by atoms with E-state index in [9.17, 15) is 0 Å². The molecule has 0 fully saturated rings. The average molecular weight is 174 g/mol. The minimum atomic E-state index is 0.0903. The van der Waals surface area contributed by atoms with E-state index in [0.29, 0.717) is 0 Å². The van der Waals surface area contributed by atoms with E-state index in [4.69, 9.17) is 0 Å². The van der Waals surface area contributed by atoms with E-state index >= 15 is 0 Å². The lowest BCUT2D eigenvalue weighted by Crippen LogP contribution is -2.33. The second-order valence-electron chi connectivity index (χ2n) is 4.39. The molecular weight excluding hydrogens is 160 g/mol. The third kappa shape index (κ3) is 1.37. The highest BCUT2D eigenvalue weighted by molar-refractivity contribution is 5.31. The summed E-state index contributed by atoms with van der Waals surface area (Å²) in [7, 11) is 0. The smallest absolute Gasteiger partial charge is 0.0868 e. The molecule has 0 spiro atoms. The zero-order chi connectivity index (χ0) is 9.47. The standard InChI is InChI=1S/C11H14N2/c1-11(2,3)10-9-8(4-6-12-9)5-7-13-10/h4-5,7H,6H2,1-3H3. The van der Waals surface area contributed by atoms with Gasteiger partial charge >= 0.3 is 0 Å². The summed E-state index contributed by atoms with van der Waals surface area (Å²) < 4.78 is 0. The lowest BCUT2D eigenvalue weighted by molar-refractivity contribution is 0.560. The first-order valence-corrected chi connectivity index (χ1v) is 4.59. The van der Waals surface area contributed by atoms with Gasteiger partial charge in [0.15, 0.2) is 0 Å². The first-order valence-electron chi connectivity index (χ1n) is 4.59. The Morgan fingerprint density at radius 1 is 1.31 bits per heavy atom. The summed E-state index contributed by atoms with van der Waals surface area (Å²) in [5.74, 6) is 0. The number of pyridine rings is 1. The van der Waals surface area contributed by atoms with E-state index in [2.05, 4.69) is 36.8 Å². The van der Waals surface area contributed by atoms with E-state index < -0.39 is 0 Å². The van der Waals surface area contributed by atoms with Crippen LogP contribution in [0.15, 0.2) is 17.3 Å². The molecule has 0 bridgehead atoms. The summed E-state index contributed by atoms with van der Waals surface area (Å²) in [5.41, 5.74) is 1.20. The molecule has 0 amide bonds. The number of hydrogen-bond donors (Lipinski definition) is 0. The molecule has 0 aliphatic carbocycles. The van der Waals surface area contributed by atoms with Crippen molar-refractivity contribution in [2.24, 2.45) is 4.99 Å². The van der Waals surface area contributed by atoms with Crippen LogP contribution in [-0.2, 0) is 5.41 Å². The Morgan fingerprint density at radius 3 is 2.77 bits per heavy atom. The summed E-state index contributed by atoms with van der Waals surface area (Å²) in [4.78, 5) is 8.86. The number of nitrogens with zero attached hydrogens (tertiary/aromatic N) is 2. The molecule has 2 heteroatoms. The fraction of sp³-hybridized carbons (Fsp3) is 0.455. The number of fused-ring (bicyclic) bond motifs is 1. The summed E-state index contributed by atoms with van der Waals surface area (Å²) >= 11 is 0. The molecule has 68 valence electrons. The minimum Gasteiger partial charge on any atom is -0.279 e. The van der Waals surface area contributed by atoms with Gasteiger partial charge in [0.1, 0.15) is 0 Å². The van der Waals surface area contributed by atoms with E-state index in [1.165, 1.54) is 5.22 Å². The van der Waals surface area contributed by atoms with Gasteiger partial charge in [-0.2, -0.15) is 0 Å². The van der Waals surface area contributed by atoms with E-state index in [0.717, 1.165) is 17.6 Å². The molecule has 0 aromatic carbocycles. The molecule has 2 nitrogen and oxygen atoms in total. The molecule has 0 radical (unpaired) electrons. The number of rotatable bonds is 0. The van der Waals surface area contributed by atoms with E-state index in [-0.39, 0.29) is 5.41 Å². The van der Waals surface area contributed by atoms with Crippen LogP contribution in [0.1, 0.15) is 26.5 Å². The predicted octanol–water partition coefficient (Wildman–Crippen LogP) is 0.793. The van der Waals surface area contributed by atoms with Crippen molar-refractivity contribution in [1.82, 2.24) is 4.98 Å². The highest BCUT2D eigenvalue weighted by Crippen LogP contribution is 2.15. The van der Waals surface area contributed by atoms with Gasteiger partial charge in [-0.1, -0.05) is 26.8 Å². The Hall–Kier alpha value is -1.18. The Kier molecular flexibility index (Phi) is 1.72. The van der Waals surface area contributed by atoms with Crippen molar-refractivity contribution in [3.63, 3.8) is 0 Å². The molecule has 1 aromatic rings. The largest absolute Gasteiger partial charge is 0.279 e. The fourth-order valence-corrected chi connectivity index (χ4v) is 1.58. The molecule has 13 heavy (non-hydrogen) atoms. The zero-order valence-electron chi connectivity index (χ0n) is 8.33. The third-order valence-electron chi connectivity index (χ3n) is 2.23. The molecule has 1 aliphatic heterocycles. The van der Waals surface area contributed by atoms with Crippen LogP contribution < -0.4 is 10.6 Å². The van der Waals surface area contributed by atoms with Gasteiger partial charge in [0.05, 0.1) is 17.6 Å². The lowest BCUT2D eigenvalue weighted by Gasteiger charge is -2.16. The van der Waals surface area contributed by atoms with Crippen molar-refractivity contribution in [2.45, 2.75) is 26.2 Å². The number of hydrogen-bond acceptors (Lipinski definition) is 2. The van der Waals surface area contributed by atoms with Gasteiger partial charge in [-0.15, -0.1) is 0 Å². The van der Waals surface area contributed by atoms with Crippen LogP contribution in [0.4, 0.5) is 0 Å². The Labute approximate surface area is 78.0 Å². The SMILES string of the molecule is CC(C)(C)c1nccc2c1=NCC=2. The topological polar surface area (TPSA) is 25.2 Å². The Bertz CT molecular complexity index is 438. The predicted molar refractivity (Wildman–Crippen MR) is 53.1 cm³/mol. The Balaban J connectivity index is 2.77. The molecule has 1 aliphatic rings. The molecule has 2 heterocycles. The van der Waals surface area contributed by atoms with Crippen LogP contribution in [0.2, 0.25) is 0 Å². The summed E-state index contributed by atoms with van der Waals surface area (Å²) in [5, 5.41) is 2.33. The van der Waals surface area contributed by atoms with Gasteiger partial charge in [-0.05, 0) is 6.07 Å². The van der Waals surface area contributed by atoms with Crippen LogP contribution in [0, 0.1) is 0 Å². The molecular formula is C11H14N2. The van der Waals surface area contributed by atoms with Crippen molar-refractivity contribution in [2.75, 3.05) is 6.54 Å². The Morgan fingerprint density at radius 2 is 2.08 bits per heavy atom. The van der Waals surface area contributed by atoms with Gasteiger partial charge in [0.2, 0.25) is 0 Å². The van der Waals surface area contributed by atoms with Crippen LogP contribution in [0.25, 0.3) is 6.08 Å². The summed E-state index contributed by atoms with van der Waals surface area (Å²) in [6.07, 6.45) is 4.02. The highest BCUT2D eigenvalue weighted by atomic mass is 14.8. The third-order valence-corrected chi connectivity index (χ3v) is 2.23. The molecule has 1 aromatic heterocycles. The van der Waals surface area contributed by atoms with E-state index in [1.807, 2.05) is 12.3 Å². The maximum atomic E-state index is 4.45. The van der Waals surface area contributed by atoms with Gasteiger partial charge in [0.25, 0.3) is 0 Å². The van der Waals surface area contributed by atoms with Crippen LogP contribution >= 0.6 is 0 Å². The fourth-order valence-electron chi connectivity index (χ4n) is 1.58. The second-order valence-corrected chi connectivity index (χ2v) is 4.39. The van der Waals surface area contributed by atoms with Crippen molar-refractivity contribution in [3.8, 4) is 0 Å². The summed E-state index contributed by atoms with van der Waals surface area (Å²) in [6, 6.07) is 2.03. The molecule has 0 saturated carbocycles. The molecule has 0 saturated heterocycles. The van der Waals surface area contributed by atoms with Crippen LogP contribution in [0.3, 0.4) is 0 Å². The van der Waals surface area contributed by atoms with Gasteiger partial charge < -0.3 is 0 Å². The van der Waals surface area contributed by atoms with E-state index in [1.54, 1.807) is 0 Å². The first-order chi connectivity index (χ1) is 6.09. The summed E-state index contributed by atoms with van der Waals surface area (Å²) in [6.45, 7) is 7.32. The van der Waals surface area contributed by atoms with Gasteiger partial charge in [-0.3, -0.25) is 9.98 Å². The minimum absolute atomic E-state index is 0.0903. The normalized spacial score (nSPS) is 14.7. The molecule has 2 rings (SSSR count). The monoisotopic (exact) mass is 174 g/mol. The lowest BCUT2D eigenvalue weighted by atomic mass is 9.91. The zero-order valence-corrected chi connectivity index (χ0v) is 8.33. The van der Waals surface area contributed by atoms with Crippen molar-refractivity contribution < 1.29 is 0 Å². The molecule has 0 N–H and O–H groups in total. The van der Waals surface area contributed by atoms with Crippen molar-refractivity contribution in [3.05, 3.63) is 28.5 Å². The van der Waals surface area contributed by atoms with Crippen LogP contribution in [-0.4, -0.2) is 11.5 Å². The van der Waals surface area contributed by atoms with Crippen molar-refractivity contribution >= 4 is 6.08 Å². The quantitative estimate of drug-likeness (QED) is 0.571. The van der Waals surface area contributed by atoms with Crippen molar-refractivity contribution in [1.29, 1.82) is 0 Å².